The lowest BCUT2D eigenvalue weighted by molar-refractivity contribution is -0.117. The monoisotopic (exact) mass is 240 g/mol. The summed E-state index contributed by atoms with van der Waals surface area (Å²) in [5.74, 6) is -0.407. The van der Waals surface area contributed by atoms with Gasteiger partial charge in [0.05, 0.1) is 4.90 Å². The summed E-state index contributed by atoms with van der Waals surface area (Å²) in [6, 6.07) is 6.87. The normalized spacial score (nSPS) is 14.2. The van der Waals surface area contributed by atoms with Crippen molar-refractivity contribution in [1.29, 1.82) is 0 Å². The van der Waals surface area contributed by atoms with Crippen LogP contribution in [0.3, 0.4) is 0 Å². The van der Waals surface area contributed by atoms with Crippen LogP contribution in [0.15, 0.2) is 33.5 Å². The van der Waals surface area contributed by atoms with Crippen molar-refractivity contribution >= 4 is 15.8 Å². The second-order valence-electron chi connectivity index (χ2n) is 3.62. The summed E-state index contributed by atoms with van der Waals surface area (Å²) in [5.41, 5.74) is 1.04. The maximum Gasteiger partial charge on any atom is 0.255 e. The van der Waals surface area contributed by atoms with Crippen LogP contribution in [0.4, 0.5) is 0 Å². The van der Waals surface area contributed by atoms with E-state index in [1.807, 2.05) is 13.8 Å². The van der Waals surface area contributed by atoms with Crippen molar-refractivity contribution < 1.29 is 9.00 Å². The zero-order valence-electron chi connectivity index (χ0n) is 9.47. The predicted octanol–water partition coefficient (Wildman–Crippen LogP) is 2.02. The van der Waals surface area contributed by atoms with Crippen LogP contribution in [-0.2, 0) is 14.7 Å². The van der Waals surface area contributed by atoms with Crippen LogP contribution in [0.1, 0.15) is 25.3 Å². The van der Waals surface area contributed by atoms with Crippen LogP contribution in [0.25, 0.3) is 0 Å². The molecule has 0 saturated heterocycles. The maximum atomic E-state index is 12.0. The van der Waals surface area contributed by atoms with Crippen molar-refractivity contribution in [2.45, 2.75) is 31.6 Å². The molecule has 0 aliphatic heterocycles. The molecule has 1 aromatic rings. The van der Waals surface area contributed by atoms with Crippen LogP contribution in [0.2, 0.25) is 0 Å². The number of nitrogens with two attached hydrogens (primary N) is 1. The summed E-state index contributed by atoms with van der Waals surface area (Å²) >= 11 is 0. The smallest absolute Gasteiger partial charge is 0.255 e. The van der Waals surface area contributed by atoms with E-state index in [0.717, 1.165) is 5.56 Å². The average molecular weight is 240 g/mol. The third-order valence-electron chi connectivity index (χ3n) is 2.06. The number of nitrogens with zero attached hydrogens (tertiary/aromatic N) is 1. The molecule has 16 heavy (non-hydrogen) atoms. The number of rotatable bonds is 3. The number of amides is 1. The Morgan fingerprint density at radius 1 is 1.38 bits per heavy atom. The summed E-state index contributed by atoms with van der Waals surface area (Å²) in [6.07, 6.45) is 0.950. The molecule has 5 heteroatoms. The fourth-order valence-electron chi connectivity index (χ4n) is 1.20. The van der Waals surface area contributed by atoms with Gasteiger partial charge in [-0.25, -0.2) is 9.35 Å². The van der Waals surface area contributed by atoms with Crippen LogP contribution < -0.4 is 5.14 Å². The maximum absolute atomic E-state index is 12.0. The molecule has 0 saturated carbocycles. The molecule has 0 aromatic heterocycles. The van der Waals surface area contributed by atoms with E-state index in [1.54, 1.807) is 24.3 Å². The van der Waals surface area contributed by atoms with Gasteiger partial charge in [-0.05, 0) is 25.5 Å². The Morgan fingerprint density at radius 3 is 2.44 bits per heavy atom. The first kappa shape index (κ1) is 12.9. The van der Waals surface area contributed by atoms with E-state index < -0.39 is 15.8 Å². The molecule has 88 valence electrons. The Morgan fingerprint density at radius 2 is 1.94 bits per heavy atom. The highest BCUT2D eigenvalue weighted by Gasteiger charge is 2.08. The van der Waals surface area contributed by atoms with Gasteiger partial charge in [-0.1, -0.05) is 24.6 Å². The van der Waals surface area contributed by atoms with Crippen LogP contribution in [-0.4, -0.2) is 10.1 Å². The van der Waals surface area contributed by atoms with Gasteiger partial charge < -0.3 is 0 Å². The molecule has 0 aliphatic carbocycles. The molecular formula is C11H16N2O2S. The van der Waals surface area contributed by atoms with Gasteiger partial charge in [-0.15, -0.1) is 4.36 Å². The SMILES string of the molecule is CCCC(=O)N=S(N)(=O)c1ccc(C)cc1. The van der Waals surface area contributed by atoms with Crippen molar-refractivity contribution in [2.75, 3.05) is 0 Å². The van der Waals surface area contributed by atoms with Crippen LogP contribution >= 0.6 is 0 Å². The summed E-state index contributed by atoms with van der Waals surface area (Å²) in [4.78, 5) is 11.7. The molecule has 0 radical (unpaired) electrons. The van der Waals surface area contributed by atoms with Gasteiger partial charge >= 0.3 is 0 Å². The Bertz CT molecular complexity index is 485. The molecule has 1 atom stereocenters. The van der Waals surface area contributed by atoms with Crippen LogP contribution in [0, 0.1) is 6.92 Å². The molecule has 0 spiro atoms. The number of carbonyl (C=O) groups is 1. The molecule has 0 heterocycles. The summed E-state index contributed by atoms with van der Waals surface area (Å²) in [5, 5.41) is 5.56. The molecule has 2 N–H and O–H groups in total. The number of aryl methyl sites for hydroxylation is 1. The Balaban J connectivity index is 3.06. The molecule has 1 unspecified atom stereocenters. The summed E-state index contributed by atoms with van der Waals surface area (Å²) in [7, 11) is -3.07. The predicted molar refractivity (Wildman–Crippen MR) is 64.1 cm³/mol. The largest absolute Gasteiger partial charge is 0.272 e. The number of hydrogen-bond acceptors (Lipinski definition) is 2. The number of benzene rings is 1. The third kappa shape index (κ3) is 3.43. The number of carbonyl (C=O) groups excluding carboxylic acids is 1. The molecule has 0 aliphatic rings. The standard InChI is InChI=1S/C11H16N2O2S/c1-3-4-11(14)13-16(12,15)10-7-5-9(2)6-8-10/h5-8H,3-4H2,1-2H3,(H2,12,13,14,15). The molecule has 1 rings (SSSR count). The van der Waals surface area contributed by atoms with E-state index in [0.29, 0.717) is 11.3 Å². The fraction of sp³-hybridized carbons (Fsp3) is 0.364. The topological polar surface area (TPSA) is 72.5 Å². The first-order chi connectivity index (χ1) is 7.45. The van der Waals surface area contributed by atoms with Crippen LogP contribution in [0.5, 0.6) is 0 Å². The van der Waals surface area contributed by atoms with Gasteiger partial charge in [0.15, 0.2) is 0 Å². The van der Waals surface area contributed by atoms with Gasteiger partial charge in [-0.3, -0.25) is 4.79 Å². The highest BCUT2D eigenvalue weighted by atomic mass is 32.2. The Kier molecular flexibility index (Phi) is 4.20. The van der Waals surface area contributed by atoms with Gasteiger partial charge in [-0.2, -0.15) is 0 Å². The molecule has 1 amide bonds. The van der Waals surface area contributed by atoms with E-state index in [1.165, 1.54) is 0 Å². The minimum absolute atomic E-state index is 0.278. The molecule has 0 bridgehead atoms. The highest BCUT2D eigenvalue weighted by molar-refractivity contribution is 7.91. The van der Waals surface area contributed by atoms with Gasteiger partial charge in [0, 0.05) is 6.42 Å². The van der Waals surface area contributed by atoms with Crippen molar-refractivity contribution in [1.82, 2.24) is 0 Å². The molecule has 0 fully saturated rings. The van der Waals surface area contributed by atoms with Crippen molar-refractivity contribution in [3.05, 3.63) is 29.8 Å². The van der Waals surface area contributed by atoms with Gasteiger partial charge in [0.2, 0.25) is 0 Å². The third-order valence-corrected chi connectivity index (χ3v) is 3.48. The van der Waals surface area contributed by atoms with E-state index in [2.05, 4.69) is 4.36 Å². The zero-order valence-corrected chi connectivity index (χ0v) is 10.3. The van der Waals surface area contributed by atoms with Crippen molar-refractivity contribution in [3.8, 4) is 0 Å². The Hall–Kier alpha value is -1.20. The lowest BCUT2D eigenvalue weighted by atomic mass is 10.2. The average Bonchev–Trinajstić information content (AvgIpc) is 2.17. The van der Waals surface area contributed by atoms with E-state index >= 15 is 0 Å². The highest BCUT2D eigenvalue weighted by Crippen LogP contribution is 2.11. The minimum Gasteiger partial charge on any atom is -0.272 e. The fourth-order valence-corrected chi connectivity index (χ4v) is 2.22. The second kappa shape index (κ2) is 5.23. The lowest BCUT2D eigenvalue weighted by Gasteiger charge is -2.03. The summed E-state index contributed by atoms with van der Waals surface area (Å²) < 4.78 is 15.5. The second-order valence-corrected chi connectivity index (χ2v) is 5.41. The number of hydrogen-bond donors (Lipinski definition) is 1. The lowest BCUT2D eigenvalue weighted by Crippen LogP contribution is -2.14. The van der Waals surface area contributed by atoms with E-state index in [4.69, 9.17) is 5.14 Å². The first-order valence-corrected chi connectivity index (χ1v) is 6.68. The molecular weight excluding hydrogens is 224 g/mol. The minimum atomic E-state index is -3.07. The summed E-state index contributed by atoms with van der Waals surface area (Å²) in [6.45, 7) is 3.78. The molecule has 1 aromatic carbocycles. The quantitative estimate of drug-likeness (QED) is 0.877. The Labute approximate surface area is 96.2 Å². The van der Waals surface area contributed by atoms with E-state index in [-0.39, 0.29) is 6.42 Å². The zero-order chi connectivity index (χ0) is 12.2. The molecule has 4 nitrogen and oxygen atoms in total. The first-order valence-electron chi connectivity index (χ1n) is 5.10. The van der Waals surface area contributed by atoms with Crippen molar-refractivity contribution in [2.24, 2.45) is 9.50 Å². The van der Waals surface area contributed by atoms with Gasteiger partial charge in [0.1, 0.15) is 9.92 Å². The van der Waals surface area contributed by atoms with E-state index in [9.17, 15) is 9.00 Å². The van der Waals surface area contributed by atoms with Crippen molar-refractivity contribution in [3.63, 3.8) is 0 Å². The van der Waals surface area contributed by atoms with Gasteiger partial charge in [0.25, 0.3) is 5.91 Å².